The van der Waals surface area contributed by atoms with Crippen LogP contribution in [0.2, 0.25) is 0 Å². The van der Waals surface area contributed by atoms with E-state index in [2.05, 4.69) is 51.2 Å². The van der Waals surface area contributed by atoms with Crippen LogP contribution in [0.25, 0.3) is 0 Å². The van der Waals surface area contributed by atoms with E-state index < -0.39 is 0 Å². The number of ether oxygens (including phenoxy) is 1. The molecule has 2 rings (SSSR count). The number of benzene rings is 1. The molecule has 0 aliphatic carbocycles. The van der Waals surface area contributed by atoms with E-state index in [4.69, 9.17) is 4.74 Å². The number of nitrogens with one attached hydrogen (secondary N) is 1. The average Bonchev–Trinajstić information content (AvgIpc) is 2.93. The van der Waals surface area contributed by atoms with Crippen LogP contribution in [-0.4, -0.2) is 18.2 Å². The Labute approximate surface area is 135 Å². The second-order valence-corrected chi connectivity index (χ2v) is 6.03. The Morgan fingerprint density at radius 1 is 1.33 bits per heavy atom. The largest absolute Gasteiger partial charge is 0.492 e. The molecule has 0 bridgehead atoms. The fraction of sp³-hybridized carbons (Fsp3) is 0.412. The van der Waals surface area contributed by atoms with Crippen molar-refractivity contribution in [1.82, 2.24) is 9.88 Å². The lowest BCUT2D eigenvalue weighted by Gasteiger charge is -2.13. The topological polar surface area (TPSA) is 26.2 Å². The Balaban J connectivity index is 1.85. The van der Waals surface area contributed by atoms with Gasteiger partial charge in [-0.3, -0.25) is 0 Å². The zero-order chi connectivity index (χ0) is 15.1. The van der Waals surface area contributed by atoms with E-state index in [1.807, 2.05) is 31.3 Å². The fourth-order valence-electron chi connectivity index (χ4n) is 2.40. The molecule has 0 aliphatic rings. The number of halogens is 1. The first-order valence-corrected chi connectivity index (χ1v) is 8.23. The maximum atomic E-state index is 5.77. The summed E-state index contributed by atoms with van der Waals surface area (Å²) in [6, 6.07) is 10.6. The lowest BCUT2D eigenvalue weighted by molar-refractivity contribution is 0.298. The Kier molecular flexibility index (Phi) is 6.33. The van der Waals surface area contributed by atoms with Crippen molar-refractivity contribution in [2.75, 3.05) is 13.7 Å². The van der Waals surface area contributed by atoms with Gasteiger partial charge in [0.25, 0.3) is 0 Å². The maximum Gasteiger partial charge on any atom is 0.120 e. The molecule has 21 heavy (non-hydrogen) atoms. The summed E-state index contributed by atoms with van der Waals surface area (Å²) in [7, 11) is 2.02. The molecule has 1 N–H and O–H groups in total. The number of aromatic nitrogens is 1. The van der Waals surface area contributed by atoms with Crippen LogP contribution >= 0.6 is 15.9 Å². The van der Waals surface area contributed by atoms with Gasteiger partial charge in [-0.15, -0.1) is 0 Å². The third-order valence-corrected chi connectivity index (χ3v) is 4.01. The van der Waals surface area contributed by atoms with Crippen LogP contribution in [0.15, 0.2) is 47.2 Å². The van der Waals surface area contributed by atoms with Gasteiger partial charge < -0.3 is 14.6 Å². The van der Waals surface area contributed by atoms with Crippen molar-refractivity contribution in [1.29, 1.82) is 0 Å². The lowest BCUT2D eigenvalue weighted by atomic mass is 10.1. The summed E-state index contributed by atoms with van der Waals surface area (Å²) in [4.78, 5) is 0. The van der Waals surface area contributed by atoms with Crippen molar-refractivity contribution in [2.24, 2.45) is 0 Å². The summed E-state index contributed by atoms with van der Waals surface area (Å²) in [6.45, 7) is 3.74. The van der Waals surface area contributed by atoms with Gasteiger partial charge in [0.05, 0.1) is 6.54 Å². The molecule has 1 aromatic heterocycles. The van der Waals surface area contributed by atoms with Crippen molar-refractivity contribution >= 4 is 15.9 Å². The molecule has 0 saturated carbocycles. The minimum atomic E-state index is 0.447. The van der Waals surface area contributed by atoms with Gasteiger partial charge in [0.1, 0.15) is 12.4 Å². The highest BCUT2D eigenvalue weighted by Gasteiger charge is 2.09. The minimum Gasteiger partial charge on any atom is -0.492 e. The number of hydrogen-bond acceptors (Lipinski definition) is 2. The Morgan fingerprint density at radius 3 is 2.90 bits per heavy atom. The van der Waals surface area contributed by atoms with Gasteiger partial charge >= 0.3 is 0 Å². The average molecular weight is 351 g/mol. The van der Waals surface area contributed by atoms with E-state index in [-0.39, 0.29) is 0 Å². The van der Waals surface area contributed by atoms with E-state index in [1.54, 1.807) is 0 Å². The SMILES string of the molecule is CCCC(NC)c1ccn(CCOc2cccc(Br)c2)c1. The zero-order valence-corrected chi connectivity index (χ0v) is 14.3. The fourth-order valence-corrected chi connectivity index (χ4v) is 2.77. The summed E-state index contributed by atoms with van der Waals surface area (Å²) >= 11 is 3.45. The van der Waals surface area contributed by atoms with E-state index in [9.17, 15) is 0 Å². The molecule has 2 aromatic rings. The third-order valence-electron chi connectivity index (χ3n) is 3.52. The van der Waals surface area contributed by atoms with Crippen molar-refractivity contribution < 1.29 is 4.74 Å². The van der Waals surface area contributed by atoms with Crippen LogP contribution in [0.4, 0.5) is 0 Å². The molecule has 0 radical (unpaired) electrons. The molecule has 4 heteroatoms. The Hall–Kier alpha value is -1.26. The molecule has 1 heterocycles. The van der Waals surface area contributed by atoms with Gasteiger partial charge in [-0.05, 0) is 43.3 Å². The predicted molar refractivity (Wildman–Crippen MR) is 90.8 cm³/mol. The van der Waals surface area contributed by atoms with Gasteiger partial charge in [-0.25, -0.2) is 0 Å². The molecule has 0 saturated heterocycles. The quantitative estimate of drug-likeness (QED) is 0.763. The lowest BCUT2D eigenvalue weighted by Crippen LogP contribution is -2.15. The smallest absolute Gasteiger partial charge is 0.120 e. The normalized spacial score (nSPS) is 12.3. The first-order chi connectivity index (χ1) is 10.2. The summed E-state index contributed by atoms with van der Waals surface area (Å²) in [5.74, 6) is 0.899. The molecule has 0 spiro atoms. The maximum absolute atomic E-state index is 5.77. The van der Waals surface area contributed by atoms with Crippen LogP contribution in [-0.2, 0) is 6.54 Å². The van der Waals surface area contributed by atoms with Crippen LogP contribution in [0.3, 0.4) is 0 Å². The molecule has 0 aliphatic heterocycles. The standard InChI is InChI=1S/C17H23BrN2O/c1-3-5-17(19-2)14-8-9-20(13-14)10-11-21-16-7-4-6-15(18)12-16/h4,6-9,12-13,17,19H,3,5,10-11H2,1-2H3. The second-order valence-electron chi connectivity index (χ2n) is 5.12. The van der Waals surface area contributed by atoms with Crippen molar-refractivity contribution in [3.63, 3.8) is 0 Å². The van der Waals surface area contributed by atoms with E-state index in [0.717, 1.165) is 23.2 Å². The summed E-state index contributed by atoms with van der Waals surface area (Å²) in [6.07, 6.45) is 6.68. The first-order valence-electron chi connectivity index (χ1n) is 7.44. The zero-order valence-electron chi connectivity index (χ0n) is 12.7. The molecule has 0 fully saturated rings. The molecule has 1 atom stereocenters. The molecule has 114 valence electrons. The van der Waals surface area contributed by atoms with E-state index in [0.29, 0.717) is 12.6 Å². The van der Waals surface area contributed by atoms with Crippen molar-refractivity contribution in [2.45, 2.75) is 32.4 Å². The Bertz CT molecular complexity index is 553. The van der Waals surface area contributed by atoms with Gasteiger partial charge in [0, 0.05) is 22.9 Å². The van der Waals surface area contributed by atoms with Gasteiger partial charge in [-0.2, -0.15) is 0 Å². The highest BCUT2D eigenvalue weighted by atomic mass is 79.9. The van der Waals surface area contributed by atoms with E-state index >= 15 is 0 Å². The highest BCUT2D eigenvalue weighted by Crippen LogP contribution is 2.19. The van der Waals surface area contributed by atoms with Crippen LogP contribution in [0.1, 0.15) is 31.4 Å². The van der Waals surface area contributed by atoms with E-state index in [1.165, 1.54) is 12.0 Å². The van der Waals surface area contributed by atoms with Gasteiger partial charge in [0.15, 0.2) is 0 Å². The molecule has 1 aromatic carbocycles. The van der Waals surface area contributed by atoms with Crippen LogP contribution < -0.4 is 10.1 Å². The third kappa shape index (κ3) is 4.90. The number of hydrogen-bond donors (Lipinski definition) is 1. The molecule has 3 nitrogen and oxygen atoms in total. The highest BCUT2D eigenvalue weighted by molar-refractivity contribution is 9.10. The van der Waals surface area contributed by atoms with Crippen molar-refractivity contribution in [3.05, 3.63) is 52.8 Å². The molecule has 0 amide bonds. The van der Waals surface area contributed by atoms with Crippen LogP contribution in [0.5, 0.6) is 5.75 Å². The Morgan fingerprint density at radius 2 is 2.19 bits per heavy atom. The minimum absolute atomic E-state index is 0.447. The second kappa shape index (κ2) is 8.25. The molecule has 1 unspecified atom stereocenters. The summed E-state index contributed by atoms with van der Waals surface area (Å²) in [5.41, 5.74) is 1.35. The summed E-state index contributed by atoms with van der Waals surface area (Å²) < 4.78 is 9.00. The predicted octanol–water partition coefficient (Wildman–Crippen LogP) is 4.39. The van der Waals surface area contributed by atoms with Gasteiger partial charge in [-0.1, -0.05) is 35.3 Å². The van der Waals surface area contributed by atoms with Gasteiger partial charge in [0.2, 0.25) is 0 Å². The van der Waals surface area contributed by atoms with Crippen LogP contribution in [0, 0.1) is 0 Å². The van der Waals surface area contributed by atoms with Crippen molar-refractivity contribution in [3.8, 4) is 5.75 Å². The monoisotopic (exact) mass is 350 g/mol. The number of rotatable bonds is 8. The first kappa shape index (κ1) is 16.1. The molecular formula is C17H23BrN2O. The molecular weight excluding hydrogens is 328 g/mol. The number of nitrogens with zero attached hydrogens (tertiary/aromatic N) is 1. The summed E-state index contributed by atoms with van der Waals surface area (Å²) in [5, 5.41) is 3.37.